The van der Waals surface area contributed by atoms with Crippen LogP contribution < -0.4 is 0 Å². The number of carbonyl (C=O) groups excluding carboxylic acids is 1. The first-order chi connectivity index (χ1) is 13.1. The Kier molecular flexibility index (Phi) is 4.39. The van der Waals surface area contributed by atoms with Crippen molar-refractivity contribution in [1.29, 1.82) is 0 Å². The van der Waals surface area contributed by atoms with Gasteiger partial charge in [-0.2, -0.15) is 0 Å². The SMILES string of the molecule is COC1=CC=C[C@H]2[C@@H]1C(=O)N(C(C)(C)c1ccccc1)[C@@H]2c1ccccc1. The van der Waals surface area contributed by atoms with Gasteiger partial charge in [0.15, 0.2) is 0 Å². The van der Waals surface area contributed by atoms with Crippen molar-refractivity contribution >= 4 is 5.91 Å². The molecule has 0 N–H and O–H groups in total. The molecule has 4 rings (SSSR count). The van der Waals surface area contributed by atoms with Crippen LogP contribution in [-0.2, 0) is 15.1 Å². The zero-order chi connectivity index (χ0) is 19.0. The molecule has 2 aromatic carbocycles. The number of likely N-dealkylation sites (tertiary alicyclic amines) is 1. The molecule has 138 valence electrons. The molecule has 2 aliphatic rings. The van der Waals surface area contributed by atoms with Crippen LogP contribution in [0.3, 0.4) is 0 Å². The molecule has 1 heterocycles. The van der Waals surface area contributed by atoms with E-state index in [-0.39, 0.29) is 23.8 Å². The number of benzene rings is 2. The zero-order valence-corrected chi connectivity index (χ0v) is 16.0. The van der Waals surface area contributed by atoms with Gasteiger partial charge in [-0.15, -0.1) is 0 Å². The summed E-state index contributed by atoms with van der Waals surface area (Å²) in [6.45, 7) is 4.26. The Bertz CT molecular complexity index is 883. The molecular weight excluding hydrogens is 334 g/mol. The van der Waals surface area contributed by atoms with Gasteiger partial charge in [0, 0.05) is 5.92 Å². The van der Waals surface area contributed by atoms with E-state index in [0.29, 0.717) is 0 Å². The molecule has 0 saturated carbocycles. The normalized spacial score (nSPS) is 24.6. The molecule has 0 unspecified atom stereocenters. The summed E-state index contributed by atoms with van der Waals surface area (Å²) in [5.74, 6) is 0.663. The van der Waals surface area contributed by atoms with Gasteiger partial charge in [-0.25, -0.2) is 0 Å². The minimum atomic E-state index is -0.442. The van der Waals surface area contributed by atoms with Crippen LogP contribution in [-0.4, -0.2) is 17.9 Å². The van der Waals surface area contributed by atoms with Gasteiger partial charge < -0.3 is 9.64 Å². The van der Waals surface area contributed by atoms with Crippen molar-refractivity contribution < 1.29 is 9.53 Å². The first-order valence-electron chi connectivity index (χ1n) is 9.41. The minimum absolute atomic E-state index is 0.0333. The topological polar surface area (TPSA) is 29.5 Å². The van der Waals surface area contributed by atoms with Crippen LogP contribution in [0.5, 0.6) is 0 Å². The van der Waals surface area contributed by atoms with E-state index in [9.17, 15) is 4.79 Å². The minimum Gasteiger partial charge on any atom is -0.500 e. The molecule has 1 fully saturated rings. The Morgan fingerprint density at radius 3 is 2.22 bits per heavy atom. The number of amides is 1. The van der Waals surface area contributed by atoms with Crippen LogP contribution in [0.15, 0.2) is 84.7 Å². The number of hydrogen-bond donors (Lipinski definition) is 0. The lowest BCUT2D eigenvalue weighted by Gasteiger charge is -2.41. The van der Waals surface area contributed by atoms with E-state index in [0.717, 1.165) is 16.9 Å². The Hall–Kier alpha value is -2.81. The van der Waals surface area contributed by atoms with Gasteiger partial charge in [0.1, 0.15) is 11.7 Å². The van der Waals surface area contributed by atoms with Gasteiger partial charge in [-0.1, -0.05) is 72.8 Å². The second-order valence-electron chi connectivity index (χ2n) is 7.70. The highest BCUT2D eigenvalue weighted by atomic mass is 16.5. The van der Waals surface area contributed by atoms with Crippen molar-refractivity contribution in [3.05, 3.63) is 95.8 Å². The Morgan fingerprint density at radius 2 is 1.59 bits per heavy atom. The maximum atomic E-state index is 13.7. The van der Waals surface area contributed by atoms with E-state index in [1.165, 1.54) is 0 Å². The first kappa shape index (κ1) is 17.6. The summed E-state index contributed by atoms with van der Waals surface area (Å²) in [5, 5.41) is 0. The molecule has 1 amide bonds. The lowest BCUT2D eigenvalue weighted by Crippen LogP contribution is -2.45. The second-order valence-corrected chi connectivity index (χ2v) is 7.70. The quantitative estimate of drug-likeness (QED) is 0.782. The lowest BCUT2D eigenvalue weighted by atomic mass is 9.82. The van der Waals surface area contributed by atoms with Crippen LogP contribution in [0, 0.1) is 11.8 Å². The van der Waals surface area contributed by atoms with E-state index in [1.807, 2.05) is 48.6 Å². The summed E-state index contributed by atoms with van der Waals surface area (Å²) >= 11 is 0. The van der Waals surface area contributed by atoms with Crippen molar-refractivity contribution in [3.63, 3.8) is 0 Å². The highest BCUT2D eigenvalue weighted by Crippen LogP contribution is 2.51. The number of carbonyl (C=O) groups is 1. The lowest BCUT2D eigenvalue weighted by molar-refractivity contribution is -0.137. The Morgan fingerprint density at radius 1 is 0.963 bits per heavy atom. The monoisotopic (exact) mass is 359 g/mol. The Balaban J connectivity index is 1.86. The highest BCUT2D eigenvalue weighted by molar-refractivity contribution is 5.86. The molecule has 1 saturated heterocycles. The van der Waals surface area contributed by atoms with Crippen LogP contribution in [0.2, 0.25) is 0 Å². The summed E-state index contributed by atoms with van der Waals surface area (Å²) in [7, 11) is 1.65. The van der Waals surface area contributed by atoms with Gasteiger partial charge in [0.2, 0.25) is 5.91 Å². The zero-order valence-electron chi connectivity index (χ0n) is 16.0. The van der Waals surface area contributed by atoms with Crippen molar-refractivity contribution in [2.24, 2.45) is 11.8 Å². The van der Waals surface area contributed by atoms with Crippen molar-refractivity contribution in [2.75, 3.05) is 7.11 Å². The average molecular weight is 359 g/mol. The fraction of sp³-hybridized carbons (Fsp3) is 0.292. The van der Waals surface area contributed by atoms with Crippen LogP contribution in [0.4, 0.5) is 0 Å². The number of nitrogens with zero attached hydrogens (tertiary/aromatic N) is 1. The van der Waals surface area contributed by atoms with Gasteiger partial charge >= 0.3 is 0 Å². The van der Waals surface area contributed by atoms with Crippen molar-refractivity contribution in [1.82, 2.24) is 4.90 Å². The molecule has 3 nitrogen and oxygen atoms in total. The number of rotatable bonds is 4. The molecule has 0 bridgehead atoms. The van der Waals surface area contributed by atoms with Crippen LogP contribution >= 0.6 is 0 Å². The molecule has 3 heteroatoms. The van der Waals surface area contributed by atoms with Crippen LogP contribution in [0.25, 0.3) is 0 Å². The summed E-state index contributed by atoms with van der Waals surface area (Å²) in [6, 6.07) is 20.6. The molecule has 0 radical (unpaired) electrons. The maximum Gasteiger partial charge on any atom is 0.235 e. The summed E-state index contributed by atoms with van der Waals surface area (Å²) < 4.78 is 5.59. The third-order valence-corrected chi connectivity index (χ3v) is 5.89. The molecule has 0 spiro atoms. The fourth-order valence-electron chi connectivity index (χ4n) is 4.54. The third kappa shape index (κ3) is 2.78. The molecule has 3 atom stereocenters. The number of allylic oxidation sites excluding steroid dienone is 2. The largest absolute Gasteiger partial charge is 0.500 e. The standard InChI is InChI=1S/C24H25NO2/c1-24(2,18-13-8-5-9-14-18)25-22(17-11-6-4-7-12-17)19-15-10-16-20(27-3)21(19)23(25)26/h4-16,19,21-22H,1-3H3/t19-,21-,22+/m0/s1. The van der Waals surface area contributed by atoms with E-state index in [2.05, 4.69) is 49.1 Å². The van der Waals surface area contributed by atoms with E-state index in [4.69, 9.17) is 4.74 Å². The predicted molar refractivity (Wildman–Crippen MR) is 107 cm³/mol. The number of methoxy groups -OCH3 is 1. The number of hydrogen-bond acceptors (Lipinski definition) is 2. The van der Waals surface area contributed by atoms with Crippen LogP contribution in [0.1, 0.15) is 31.0 Å². The average Bonchev–Trinajstić information content (AvgIpc) is 3.03. The maximum absolute atomic E-state index is 13.7. The molecule has 1 aliphatic carbocycles. The smallest absolute Gasteiger partial charge is 0.235 e. The van der Waals surface area contributed by atoms with E-state index < -0.39 is 5.54 Å². The van der Waals surface area contributed by atoms with E-state index in [1.54, 1.807) is 7.11 Å². The second kappa shape index (κ2) is 6.73. The fourth-order valence-corrected chi connectivity index (χ4v) is 4.54. The Labute approximate surface area is 161 Å². The summed E-state index contributed by atoms with van der Waals surface area (Å²) in [4.78, 5) is 15.7. The molecular formula is C24H25NO2. The number of ether oxygens (including phenoxy) is 1. The summed E-state index contributed by atoms with van der Waals surface area (Å²) in [6.07, 6.45) is 6.09. The molecule has 0 aromatic heterocycles. The molecule has 1 aliphatic heterocycles. The van der Waals surface area contributed by atoms with Gasteiger partial charge in [0.05, 0.1) is 18.7 Å². The van der Waals surface area contributed by atoms with Crippen molar-refractivity contribution in [3.8, 4) is 0 Å². The third-order valence-electron chi connectivity index (χ3n) is 5.89. The van der Waals surface area contributed by atoms with Crippen molar-refractivity contribution in [2.45, 2.75) is 25.4 Å². The predicted octanol–water partition coefficient (Wildman–Crippen LogP) is 4.84. The van der Waals surface area contributed by atoms with Gasteiger partial charge in [-0.05, 0) is 31.1 Å². The van der Waals surface area contributed by atoms with E-state index >= 15 is 0 Å². The first-order valence-corrected chi connectivity index (χ1v) is 9.41. The molecule has 2 aromatic rings. The van der Waals surface area contributed by atoms with Gasteiger partial charge in [0.25, 0.3) is 0 Å². The summed E-state index contributed by atoms with van der Waals surface area (Å²) in [5.41, 5.74) is 1.84. The highest BCUT2D eigenvalue weighted by Gasteiger charge is 2.54. The number of fused-ring (bicyclic) bond motifs is 1. The van der Waals surface area contributed by atoms with Gasteiger partial charge in [-0.3, -0.25) is 4.79 Å². The molecule has 27 heavy (non-hydrogen) atoms.